The molecule has 2 rings (SSSR count). The zero-order valence-electron chi connectivity index (χ0n) is 11.0. The van der Waals surface area contributed by atoms with E-state index in [-0.39, 0.29) is 0 Å². The Bertz CT molecular complexity index is 614. The first-order valence-corrected chi connectivity index (χ1v) is 8.21. The van der Waals surface area contributed by atoms with Gasteiger partial charge in [-0.1, -0.05) is 30.3 Å². The van der Waals surface area contributed by atoms with Crippen LogP contribution in [0.4, 0.5) is 0 Å². The molecule has 2 aromatic carbocycles. The van der Waals surface area contributed by atoms with Crippen molar-refractivity contribution >= 4 is 23.5 Å². The maximum Gasteiger partial charge on any atom is 0.101 e. The molecule has 0 aliphatic rings. The van der Waals surface area contributed by atoms with Crippen molar-refractivity contribution < 1.29 is 0 Å². The first kappa shape index (κ1) is 14.0. The highest BCUT2D eigenvalue weighted by Crippen LogP contribution is 2.32. The first-order chi connectivity index (χ1) is 9.26. The maximum atomic E-state index is 9.31. The SMILES string of the molecule is CSc1cccc(SCc2ccccc2C)c1C#N. The van der Waals surface area contributed by atoms with E-state index in [4.69, 9.17) is 0 Å². The van der Waals surface area contributed by atoms with Crippen molar-refractivity contribution in [2.75, 3.05) is 6.26 Å². The van der Waals surface area contributed by atoms with Crippen LogP contribution in [0.3, 0.4) is 0 Å². The lowest BCUT2D eigenvalue weighted by molar-refractivity contribution is 1.24. The molecular formula is C16H15NS2. The van der Waals surface area contributed by atoms with E-state index in [0.717, 1.165) is 21.1 Å². The van der Waals surface area contributed by atoms with E-state index >= 15 is 0 Å². The molecule has 0 heterocycles. The van der Waals surface area contributed by atoms with E-state index in [9.17, 15) is 5.26 Å². The summed E-state index contributed by atoms with van der Waals surface area (Å²) in [6, 6.07) is 16.8. The van der Waals surface area contributed by atoms with Crippen LogP contribution in [0, 0.1) is 18.3 Å². The molecule has 0 aromatic heterocycles. The van der Waals surface area contributed by atoms with E-state index in [1.165, 1.54) is 11.1 Å². The van der Waals surface area contributed by atoms with Crippen molar-refractivity contribution in [3.63, 3.8) is 0 Å². The van der Waals surface area contributed by atoms with Crippen molar-refractivity contribution in [2.24, 2.45) is 0 Å². The molecule has 0 saturated heterocycles. The molecule has 0 bridgehead atoms. The van der Waals surface area contributed by atoms with Crippen LogP contribution in [0.15, 0.2) is 52.3 Å². The smallest absolute Gasteiger partial charge is 0.101 e. The minimum absolute atomic E-state index is 0.800. The van der Waals surface area contributed by atoms with Gasteiger partial charge in [0.15, 0.2) is 0 Å². The Hall–Kier alpha value is -1.37. The monoisotopic (exact) mass is 285 g/mol. The van der Waals surface area contributed by atoms with Gasteiger partial charge in [0.2, 0.25) is 0 Å². The lowest BCUT2D eigenvalue weighted by atomic mass is 10.1. The second-order valence-electron chi connectivity index (χ2n) is 4.16. The van der Waals surface area contributed by atoms with Gasteiger partial charge in [-0.2, -0.15) is 5.26 Å². The normalized spacial score (nSPS) is 10.2. The Kier molecular flexibility index (Phi) is 4.95. The van der Waals surface area contributed by atoms with Crippen LogP contribution in [0.2, 0.25) is 0 Å². The van der Waals surface area contributed by atoms with Crippen LogP contribution in [0.5, 0.6) is 0 Å². The highest BCUT2D eigenvalue weighted by Gasteiger charge is 2.08. The number of aryl methyl sites for hydroxylation is 1. The van der Waals surface area contributed by atoms with E-state index in [0.29, 0.717) is 0 Å². The fourth-order valence-corrected chi connectivity index (χ4v) is 3.59. The summed E-state index contributed by atoms with van der Waals surface area (Å²) in [6.45, 7) is 2.12. The zero-order chi connectivity index (χ0) is 13.7. The minimum Gasteiger partial charge on any atom is -0.192 e. The summed E-state index contributed by atoms with van der Waals surface area (Å²) in [7, 11) is 0. The molecule has 2 aromatic rings. The minimum atomic E-state index is 0.800. The van der Waals surface area contributed by atoms with E-state index in [2.05, 4.69) is 37.3 Å². The Morgan fingerprint density at radius 1 is 1.05 bits per heavy atom. The van der Waals surface area contributed by atoms with Crippen LogP contribution in [0.1, 0.15) is 16.7 Å². The van der Waals surface area contributed by atoms with Crippen LogP contribution in [-0.2, 0) is 5.75 Å². The molecule has 1 nitrogen and oxygen atoms in total. The van der Waals surface area contributed by atoms with Crippen LogP contribution < -0.4 is 0 Å². The van der Waals surface area contributed by atoms with Gasteiger partial charge in [0.1, 0.15) is 6.07 Å². The molecule has 0 aliphatic heterocycles. The highest BCUT2D eigenvalue weighted by atomic mass is 32.2. The van der Waals surface area contributed by atoms with Crippen molar-refractivity contribution in [3.8, 4) is 6.07 Å². The van der Waals surface area contributed by atoms with Crippen LogP contribution in [-0.4, -0.2) is 6.26 Å². The molecule has 3 heteroatoms. The number of rotatable bonds is 4. The molecule has 96 valence electrons. The average Bonchev–Trinajstić information content (AvgIpc) is 2.45. The van der Waals surface area contributed by atoms with Gasteiger partial charge < -0.3 is 0 Å². The second-order valence-corrected chi connectivity index (χ2v) is 6.03. The number of nitriles is 1. The number of hydrogen-bond donors (Lipinski definition) is 0. The molecule has 0 atom stereocenters. The maximum absolute atomic E-state index is 9.31. The number of thioether (sulfide) groups is 2. The third-order valence-electron chi connectivity index (χ3n) is 2.96. The topological polar surface area (TPSA) is 23.8 Å². The lowest BCUT2D eigenvalue weighted by Crippen LogP contribution is -1.88. The van der Waals surface area contributed by atoms with Gasteiger partial charge in [-0.15, -0.1) is 23.5 Å². The second kappa shape index (κ2) is 6.70. The summed E-state index contributed by atoms with van der Waals surface area (Å²) < 4.78 is 0. The molecule has 0 amide bonds. The van der Waals surface area contributed by atoms with Crippen molar-refractivity contribution in [2.45, 2.75) is 22.5 Å². The van der Waals surface area contributed by atoms with Gasteiger partial charge in [0.05, 0.1) is 5.56 Å². The van der Waals surface area contributed by atoms with E-state index < -0.39 is 0 Å². The summed E-state index contributed by atoms with van der Waals surface area (Å²) >= 11 is 3.36. The van der Waals surface area contributed by atoms with E-state index in [1.807, 2.05) is 24.5 Å². The fourth-order valence-electron chi connectivity index (χ4n) is 1.84. The molecule has 0 saturated carbocycles. The molecule has 19 heavy (non-hydrogen) atoms. The Morgan fingerprint density at radius 3 is 2.47 bits per heavy atom. The Balaban J connectivity index is 2.21. The Labute approximate surface area is 123 Å². The summed E-state index contributed by atoms with van der Waals surface area (Å²) in [5.74, 6) is 0.902. The summed E-state index contributed by atoms with van der Waals surface area (Å²) in [6.07, 6.45) is 2.01. The summed E-state index contributed by atoms with van der Waals surface area (Å²) in [4.78, 5) is 2.12. The number of nitrogens with zero attached hydrogens (tertiary/aromatic N) is 1. The van der Waals surface area contributed by atoms with E-state index in [1.54, 1.807) is 23.5 Å². The van der Waals surface area contributed by atoms with Crippen LogP contribution >= 0.6 is 23.5 Å². The zero-order valence-corrected chi connectivity index (χ0v) is 12.6. The number of hydrogen-bond acceptors (Lipinski definition) is 3. The predicted molar refractivity (Wildman–Crippen MR) is 83.7 cm³/mol. The standard InChI is InChI=1S/C16H15NS2/c1-12-6-3-4-7-13(12)11-19-16-9-5-8-15(18-2)14(16)10-17/h3-9H,11H2,1-2H3. The third kappa shape index (κ3) is 3.34. The van der Waals surface area contributed by atoms with Crippen molar-refractivity contribution in [1.29, 1.82) is 5.26 Å². The van der Waals surface area contributed by atoms with Gasteiger partial charge in [0.25, 0.3) is 0 Å². The molecule has 0 spiro atoms. The molecular weight excluding hydrogens is 270 g/mol. The molecule has 0 N–H and O–H groups in total. The van der Waals surface area contributed by atoms with Crippen LogP contribution in [0.25, 0.3) is 0 Å². The third-order valence-corrected chi connectivity index (χ3v) is 4.85. The highest BCUT2D eigenvalue weighted by molar-refractivity contribution is 7.99. The van der Waals surface area contributed by atoms with Gasteiger partial charge in [-0.3, -0.25) is 0 Å². The average molecular weight is 285 g/mol. The van der Waals surface area contributed by atoms with Crippen molar-refractivity contribution in [1.82, 2.24) is 0 Å². The lowest BCUT2D eigenvalue weighted by Gasteiger charge is -2.08. The van der Waals surface area contributed by atoms with Gasteiger partial charge in [0, 0.05) is 15.5 Å². The predicted octanol–water partition coefficient (Wildman–Crippen LogP) is 4.88. The molecule has 0 aliphatic carbocycles. The fraction of sp³-hybridized carbons (Fsp3) is 0.188. The first-order valence-electron chi connectivity index (χ1n) is 6.00. The summed E-state index contributed by atoms with van der Waals surface area (Å²) in [5.41, 5.74) is 3.43. The summed E-state index contributed by atoms with van der Waals surface area (Å²) in [5, 5.41) is 9.31. The Morgan fingerprint density at radius 2 is 1.79 bits per heavy atom. The number of benzene rings is 2. The molecule has 0 radical (unpaired) electrons. The quantitative estimate of drug-likeness (QED) is 0.748. The molecule has 0 unspecified atom stereocenters. The molecule has 0 fully saturated rings. The van der Waals surface area contributed by atoms with Crippen molar-refractivity contribution in [3.05, 3.63) is 59.2 Å². The largest absolute Gasteiger partial charge is 0.192 e. The van der Waals surface area contributed by atoms with Gasteiger partial charge in [-0.25, -0.2) is 0 Å². The van der Waals surface area contributed by atoms with Gasteiger partial charge in [-0.05, 0) is 36.4 Å². The van der Waals surface area contributed by atoms with Gasteiger partial charge >= 0.3 is 0 Å².